The summed E-state index contributed by atoms with van der Waals surface area (Å²) in [4.78, 5) is 28.5. The van der Waals surface area contributed by atoms with Crippen LogP contribution in [0.1, 0.15) is 57.8 Å². The zero-order chi connectivity index (χ0) is 26.3. The Balaban J connectivity index is 1.31. The van der Waals surface area contributed by atoms with Crippen molar-refractivity contribution >= 4 is 11.7 Å². The number of amides is 1. The lowest BCUT2D eigenvalue weighted by atomic mass is 9.69. The highest BCUT2D eigenvalue weighted by molar-refractivity contribution is 6.08. The minimum Gasteiger partial charge on any atom is -0.497 e. The average Bonchev–Trinajstić information content (AvgIpc) is 3.45. The number of ether oxygens (including phenoxy) is 3. The van der Waals surface area contributed by atoms with Gasteiger partial charge >= 0.3 is 0 Å². The standard InChI is InChI=1S/C32H33NO5/c1-36-24-9-6-21(7-10-24)30-31(35)27-17-25(37-2)12-13-28(27)32(30)18-22-8-11-26(16-23(22)19-32)38-20-29(34)33-14-4-3-5-15-33/h6-13,16-17,30H,3-5,14-15,18-20H2,1-2H3. The van der Waals surface area contributed by atoms with Gasteiger partial charge in [-0.2, -0.15) is 0 Å². The molecular weight excluding hydrogens is 478 g/mol. The minimum absolute atomic E-state index is 0.0468. The molecule has 2 atom stereocenters. The Hall–Kier alpha value is -3.80. The number of Topliss-reactive ketones (excluding diaryl/α,β-unsaturated/α-hetero) is 1. The summed E-state index contributed by atoms with van der Waals surface area (Å²) in [6, 6.07) is 19.9. The maximum atomic E-state index is 14.0. The molecule has 0 bridgehead atoms. The molecule has 0 aromatic heterocycles. The van der Waals surface area contributed by atoms with Crippen LogP contribution in [0.5, 0.6) is 17.2 Å². The molecule has 1 amide bonds. The number of benzene rings is 3. The van der Waals surface area contributed by atoms with E-state index in [0.717, 1.165) is 61.2 Å². The second-order valence-electron chi connectivity index (χ2n) is 10.7. The maximum absolute atomic E-state index is 14.0. The Morgan fingerprint density at radius 3 is 2.26 bits per heavy atom. The first-order chi connectivity index (χ1) is 18.5. The number of fused-ring (bicyclic) bond motifs is 3. The third-order valence-corrected chi connectivity index (χ3v) is 8.55. The fourth-order valence-electron chi connectivity index (χ4n) is 6.66. The number of rotatable bonds is 6. The van der Waals surface area contributed by atoms with Crippen molar-refractivity contribution in [2.24, 2.45) is 0 Å². The molecule has 0 saturated carbocycles. The number of piperidine rings is 1. The van der Waals surface area contributed by atoms with Gasteiger partial charge in [0.25, 0.3) is 5.91 Å². The average molecular weight is 512 g/mol. The van der Waals surface area contributed by atoms with Crippen molar-refractivity contribution in [3.63, 3.8) is 0 Å². The number of carbonyl (C=O) groups is 2. The van der Waals surface area contributed by atoms with E-state index in [2.05, 4.69) is 18.2 Å². The fourth-order valence-corrected chi connectivity index (χ4v) is 6.66. The van der Waals surface area contributed by atoms with E-state index in [-0.39, 0.29) is 24.2 Å². The van der Waals surface area contributed by atoms with E-state index in [1.165, 1.54) is 17.5 Å². The van der Waals surface area contributed by atoms with Gasteiger partial charge in [0, 0.05) is 24.1 Å². The second kappa shape index (κ2) is 9.82. The van der Waals surface area contributed by atoms with Crippen LogP contribution in [0, 0.1) is 0 Å². The smallest absolute Gasteiger partial charge is 0.260 e. The molecule has 1 spiro atoms. The van der Waals surface area contributed by atoms with Crippen molar-refractivity contribution < 1.29 is 23.8 Å². The molecule has 3 aliphatic rings. The van der Waals surface area contributed by atoms with Crippen LogP contribution in [0.4, 0.5) is 0 Å². The first-order valence-electron chi connectivity index (χ1n) is 13.4. The van der Waals surface area contributed by atoms with E-state index in [4.69, 9.17) is 14.2 Å². The maximum Gasteiger partial charge on any atom is 0.260 e. The van der Waals surface area contributed by atoms with E-state index in [1.807, 2.05) is 47.4 Å². The molecule has 1 heterocycles. The van der Waals surface area contributed by atoms with Gasteiger partial charge in [0.15, 0.2) is 12.4 Å². The number of ketones is 1. The Kier molecular flexibility index (Phi) is 6.34. The monoisotopic (exact) mass is 511 g/mol. The fraction of sp³-hybridized carbons (Fsp3) is 0.375. The summed E-state index contributed by atoms with van der Waals surface area (Å²) in [5.41, 5.74) is 4.79. The molecule has 2 aliphatic carbocycles. The molecular formula is C32H33NO5. The van der Waals surface area contributed by atoms with Gasteiger partial charge in [-0.15, -0.1) is 0 Å². The highest BCUT2D eigenvalue weighted by Crippen LogP contribution is 2.56. The van der Waals surface area contributed by atoms with Crippen LogP contribution in [0.3, 0.4) is 0 Å². The van der Waals surface area contributed by atoms with E-state index in [9.17, 15) is 9.59 Å². The predicted molar refractivity (Wildman–Crippen MR) is 145 cm³/mol. The molecule has 1 aliphatic heterocycles. The normalized spacial score (nSPS) is 21.8. The van der Waals surface area contributed by atoms with Crippen LogP contribution < -0.4 is 14.2 Å². The van der Waals surface area contributed by atoms with E-state index < -0.39 is 5.41 Å². The molecule has 38 heavy (non-hydrogen) atoms. The van der Waals surface area contributed by atoms with Crippen molar-refractivity contribution in [3.8, 4) is 17.2 Å². The summed E-state index contributed by atoms with van der Waals surface area (Å²) in [7, 11) is 3.27. The number of hydrogen-bond donors (Lipinski definition) is 0. The number of hydrogen-bond acceptors (Lipinski definition) is 5. The summed E-state index contributed by atoms with van der Waals surface area (Å²) in [6.07, 6.45) is 4.80. The zero-order valence-corrected chi connectivity index (χ0v) is 22.0. The van der Waals surface area contributed by atoms with Crippen LogP contribution >= 0.6 is 0 Å². The SMILES string of the molecule is COc1ccc(C2C(=O)c3cc(OC)ccc3C23Cc2ccc(OCC(=O)N4CCCCC4)cc2C3)cc1. The highest BCUT2D eigenvalue weighted by Gasteiger charge is 2.55. The summed E-state index contributed by atoms with van der Waals surface area (Å²) in [5.74, 6) is 2.01. The quantitative estimate of drug-likeness (QED) is 0.460. The van der Waals surface area contributed by atoms with Gasteiger partial charge in [-0.1, -0.05) is 24.3 Å². The van der Waals surface area contributed by atoms with Gasteiger partial charge in [0.05, 0.1) is 20.1 Å². The molecule has 0 radical (unpaired) electrons. The number of nitrogens with zero attached hydrogens (tertiary/aromatic N) is 1. The van der Waals surface area contributed by atoms with Gasteiger partial charge in [-0.05, 0) is 90.8 Å². The van der Waals surface area contributed by atoms with Crippen LogP contribution in [0.2, 0.25) is 0 Å². The lowest BCUT2D eigenvalue weighted by Crippen LogP contribution is -2.38. The van der Waals surface area contributed by atoms with Crippen molar-refractivity contribution in [2.45, 2.75) is 43.4 Å². The molecule has 6 nitrogen and oxygen atoms in total. The Morgan fingerprint density at radius 1 is 0.842 bits per heavy atom. The third kappa shape index (κ3) is 4.12. The minimum atomic E-state index is -0.391. The predicted octanol–water partition coefficient (Wildman–Crippen LogP) is 5.11. The third-order valence-electron chi connectivity index (χ3n) is 8.55. The van der Waals surface area contributed by atoms with Crippen molar-refractivity contribution in [3.05, 3.63) is 88.5 Å². The summed E-state index contributed by atoms with van der Waals surface area (Å²) < 4.78 is 16.8. The number of carbonyl (C=O) groups excluding carboxylic acids is 2. The molecule has 2 unspecified atom stereocenters. The van der Waals surface area contributed by atoms with E-state index >= 15 is 0 Å². The molecule has 3 aromatic carbocycles. The highest BCUT2D eigenvalue weighted by atomic mass is 16.5. The molecule has 6 heteroatoms. The van der Waals surface area contributed by atoms with Gasteiger partial charge in [-0.3, -0.25) is 9.59 Å². The molecule has 1 saturated heterocycles. The lowest BCUT2D eigenvalue weighted by molar-refractivity contribution is -0.134. The van der Waals surface area contributed by atoms with Crippen LogP contribution in [-0.4, -0.2) is 50.5 Å². The Morgan fingerprint density at radius 2 is 1.53 bits per heavy atom. The molecule has 6 rings (SSSR count). The lowest BCUT2D eigenvalue weighted by Gasteiger charge is -2.32. The van der Waals surface area contributed by atoms with Crippen molar-refractivity contribution in [2.75, 3.05) is 33.9 Å². The summed E-state index contributed by atoms with van der Waals surface area (Å²) in [6.45, 7) is 1.69. The van der Waals surface area contributed by atoms with Crippen LogP contribution in [-0.2, 0) is 23.1 Å². The van der Waals surface area contributed by atoms with E-state index in [0.29, 0.717) is 11.5 Å². The summed E-state index contributed by atoms with van der Waals surface area (Å²) in [5, 5.41) is 0. The largest absolute Gasteiger partial charge is 0.497 e. The number of likely N-dealkylation sites (tertiary alicyclic amines) is 1. The van der Waals surface area contributed by atoms with Gasteiger partial charge in [-0.25, -0.2) is 0 Å². The summed E-state index contributed by atoms with van der Waals surface area (Å²) >= 11 is 0. The molecule has 3 aromatic rings. The first kappa shape index (κ1) is 24.5. The molecule has 1 fully saturated rings. The van der Waals surface area contributed by atoms with Crippen molar-refractivity contribution in [1.29, 1.82) is 0 Å². The van der Waals surface area contributed by atoms with Crippen molar-refractivity contribution in [1.82, 2.24) is 4.90 Å². The zero-order valence-electron chi connectivity index (χ0n) is 22.0. The van der Waals surface area contributed by atoms with Crippen LogP contribution in [0.25, 0.3) is 0 Å². The van der Waals surface area contributed by atoms with Crippen LogP contribution in [0.15, 0.2) is 60.7 Å². The second-order valence-corrected chi connectivity index (χ2v) is 10.7. The molecule has 0 N–H and O–H groups in total. The van der Waals surface area contributed by atoms with Gasteiger partial charge in [0.2, 0.25) is 0 Å². The van der Waals surface area contributed by atoms with Gasteiger partial charge in [0.1, 0.15) is 17.2 Å². The number of methoxy groups -OCH3 is 2. The Labute approximate surface area is 223 Å². The molecule has 196 valence electrons. The first-order valence-corrected chi connectivity index (χ1v) is 13.4. The van der Waals surface area contributed by atoms with E-state index in [1.54, 1.807) is 14.2 Å². The topological polar surface area (TPSA) is 65.1 Å². The Bertz CT molecular complexity index is 1380. The van der Waals surface area contributed by atoms with Gasteiger partial charge < -0.3 is 19.1 Å².